The maximum atomic E-state index is 13.7. The molecule has 40 heavy (non-hydrogen) atoms. The zero-order valence-electron chi connectivity index (χ0n) is 21.4. The molecule has 0 aliphatic heterocycles. The number of rotatable bonds is 8. The van der Waals surface area contributed by atoms with Crippen LogP contribution in [0, 0.1) is 35.2 Å². The molecule has 2 saturated carbocycles. The van der Waals surface area contributed by atoms with E-state index in [0.717, 1.165) is 12.3 Å². The van der Waals surface area contributed by atoms with Crippen LogP contribution >= 0.6 is 11.6 Å². The maximum absolute atomic E-state index is 13.7. The van der Waals surface area contributed by atoms with Crippen molar-refractivity contribution in [3.05, 3.63) is 58.4 Å². The summed E-state index contributed by atoms with van der Waals surface area (Å²) in [5.74, 6) is -7.18. The van der Waals surface area contributed by atoms with Crippen LogP contribution in [0.5, 0.6) is 0 Å². The summed E-state index contributed by atoms with van der Waals surface area (Å²) in [6, 6.07) is 4.57. The first kappa shape index (κ1) is 30.7. The number of hydrogen-bond donors (Lipinski definition) is 4. The summed E-state index contributed by atoms with van der Waals surface area (Å²) in [6.07, 6.45) is -0.241. The number of nitrogens with one attached hydrogen (secondary N) is 2. The van der Waals surface area contributed by atoms with E-state index in [-0.39, 0.29) is 39.9 Å². The van der Waals surface area contributed by atoms with Crippen LogP contribution in [0.3, 0.4) is 0 Å². The van der Waals surface area contributed by atoms with Crippen molar-refractivity contribution < 1.29 is 45.0 Å². The highest BCUT2D eigenvalue weighted by Gasteiger charge is 2.61. The number of sulfonamides is 1. The molecule has 4 rings (SSSR count). The van der Waals surface area contributed by atoms with Crippen molar-refractivity contribution in [2.45, 2.75) is 48.0 Å². The molecule has 1 amide bonds. The van der Waals surface area contributed by atoms with Gasteiger partial charge in [-0.15, -0.1) is 0 Å². The number of amides is 1. The Morgan fingerprint density at radius 3 is 2.30 bits per heavy atom. The minimum atomic E-state index is -4.19. The van der Waals surface area contributed by atoms with Gasteiger partial charge in [-0.05, 0) is 55.2 Å². The Kier molecular flexibility index (Phi) is 8.35. The average molecular weight is 625 g/mol. The molecule has 0 aromatic heterocycles. The summed E-state index contributed by atoms with van der Waals surface area (Å²) in [4.78, 5) is 12.4. The van der Waals surface area contributed by atoms with Gasteiger partial charge in [-0.3, -0.25) is 4.79 Å². The van der Waals surface area contributed by atoms with Crippen LogP contribution < -0.4 is 10.0 Å². The van der Waals surface area contributed by atoms with E-state index in [4.69, 9.17) is 11.6 Å². The average Bonchev–Trinajstić information content (AvgIpc) is 2.98. The lowest BCUT2D eigenvalue weighted by Crippen LogP contribution is -2.59. The van der Waals surface area contributed by atoms with Gasteiger partial charge in [0, 0.05) is 29.9 Å². The summed E-state index contributed by atoms with van der Waals surface area (Å²) in [6.45, 7) is 1.39. The van der Waals surface area contributed by atoms with Crippen LogP contribution in [0.4, 0.5) is 18.9 Å². The van der Waals surface area contributed by atoms with Gasteiger partial charge in [0.1, 0.15) is 0 Å². The fourth-order valence-corrected chi connectivity index (χ4v) is 8.84. The molecule has 4 N–H and O–H groups in total. The Balaban J connectivity index is 1.58. The topological polar surface area (TPSA) is 150 Å². The van der Waals surface area contributed by atoms with Gasteiger partial charge in [0.2, 0.25) is 10.0 Å². The second-order valence-electron chi connectivity index (χ2n) is 10.5. The molecule has 9 nitrogen and oxygen atoms in total. The van der Waals surface area contributed by atoms with E-state index in [1.54, 1.807) is 0 Å². The molecule has 0 radical (unpaired) electrons. The molecular formula is C25H28ClF3N2O7S2. The summed E-state index contributed by atoms with van der Waals surface area (Å²) in [7, 11) is -7.83. The van der Waals surface area contributed by atoms with Gasteiger partial charge < -0.3 is 15.5 Å². The number of aliphatic hydroxyl groups excluding tert-OH is 1. The molecule has 15 heteroatoms. The molecule has 4 unspecified atom stereocenters. The highest BCUT2D eigenvalue weighted by atomic mass is 35.5. The van der Waals surface area contributed by atoms with Gasteiger partial charge in [-0.2, -0.15) is 0 Å². The lowest BCUT2D eigenvalue weighted by atomic mass is 9.70. The quantitative estimate of drug-likeness (QED) is 0.330. The monoisotopic (exact) mass is 624 g/mol. The number of fused-ring (bicyclic) bond motifs is 2. The predicted octanol–water partition coefficient (Wildman–Crippen LogP) is 2.86. The normalized spacial score (nSPS) is 27.4. The molecule has 2 aromatic carbocycles. The van der Waals surface area contributed by atoms with Crippen molar-refractivity contribution >= 4 is 43.1 Å². The molecule has 6 atom stereocenters. The van der Waals surface area contributed by atoms with Crippen LogP contribution in [-0.2, 0) is 19.9 Å². The smallest absolute Gasteiger partial charge is 0.255 e. The highest BCUT2D eigenvalue weighted by Crippen LogP contribution is 2.56. The summed E-state index contributed by atoms with van der Waals surface area (Å²) >= 11 is 6.23. The maximum Gasteiger partial charge on any atom is 0.255 e. The molecule has 220 valence electrons. The molecule has 2 aliphatic carbocycles. The van der Waals surface area contributed by atoms with E-state index >= 15 is 0 Å². The van der Waals surface area contributed by atoms with E-state index in [1.807, 2.05) is 6.92 Å². The van der Waals surface area contributed by atoms with E-state index < -0.39 is 78.6 Å². The van der Waals surface area contributed by atoms with Crippen LogP contribution in [-0.4, -0.2) is 62.7 Å². The third kappa shape index (κ3) is 5.74. The number of aliphatic hydroxyl groups is 2. The van der Waals surface area contributed by atoms with Gasteiger partial charge in [-0.25, -0.2) is 34.7 Å². The van der Waals surface area contributed by atoms with Gasteiger partial charge in [0.25, 0.3) is 5.91 Å². The van der Waals surface area contributed by atoms with Crippen LogP contribution in [0.15, 0.2) is 35.2 Å². The SMILES string of the molecule is C[C@H]1CC2CC(S(=O)(=O)c3cc(C(=O)Nc4cc(F)c(F)c(F)c4)ccc3Cl)CC1[C@@]2(O)C(O)CNS(C)(=O)=O. The molecule has 0 heterocycles. The second-order valence-corrected chi connectivity index (χ2v) is 15.0. The molecule has 2 aromatic rings. The lowest BCUT2D eigenvalue weighted by molar-refractivity contribution is -0.142. The van der Waals surface area contributed by atoms with Gasteiger partial charge in [-0.1, -0.05) is 18.5 Å². The van der Waals surface area contributed by atoms with E-state index in [2.05, 4.69) is 10.0 Å². The Hall–Kier alpha value is -2.23. The fourth-order valence-electron chi connectivity index (χ4n) is 6.00. The molecular weight excluding hydrogens is 597 g/mol. The summed E-state index contributed by atoms with van der Waals surface area (Å²) in [5, 5.41) is 23.2. The van der Waals surface area contributed by atoms with E-state index in [0.29, 0.717) is 18.6 Å². The number of hydrogen-bond acceptors (Lipinski definition) is 7. The van der Waals surface area contributed by atoms with E-state index in [1.165, 1.54) is 12.1 Å². The number of sulfone groups is 1. The van der Waals surface area contributed by atoms with Crippen molar-refractivity contribution in [1.29, 1.82) is 0 Å². The van der Waals surface area contributed by atoms with Gasteiger partial charge in [0.05, 0.1) is 33.1 Å². The standard InChI is InChI=1S/C25H28ClF3N2O7S2/c1-12-5-14-7-16(10-17(12)25(14,34)22(32)11-30-39(2,35)36)40(37,38)21-6-13(3-4-18(21)26)24(33)31-15-8-19(27)23(29)20(28)9-15/h3-4,6,8-9,12,14,16-17,22,30,32,34H,5,7,10-11H2,1-2H3,(H,31,33)/t12-,14?,16?,17?,22?,25+/m0/s1. The van der Waals surface area contributed by atoms with Gasteiger partial charge >= 0.3 is 0 Å². The van der Waals surface area contributed by atoms with E-state index in [9.17, 15) is 45.0 Å². The van der Waals surface area contributed by atoms with Crippen molar-refractivity contribution in [2.24, 2.45) is 17.8 Å². The first-order valence-corrected chi connectivity index (χ1v) is 16.1. The Morgan fingerprint density at radius 1 is 1.10 bits per heavy atom. The molecule has 2 fully saturated rings. The largest absolute Gasteiger partial charge is 0.389 e. The lowest BCUT2D eigenvalue weighted by Gasteiger charge is -2.45. The Morgan fingerprint density at radius 2 is 1.73 bits per heavy atom. The first-order valence-electron chi connectivity index (χ1n) is 12.3. The Labute approximate surface area is 234 Å². The van der Waals surface area contributed by atoms with Gasteiger partial charge in [0.15, 0.2) is 27.3 Å². The summed E-state index contributed by atoms with van der Waals surface area (Å²) < 4.78 is 92.9. The minimum Gasteiger partial charge on any atom is -0.389 e. The molecule has 2 aliphatic rings. The predicted molar refractivity (Wildman–Crippen MR) is 140 cm³/mol. The zero-order chi connectivity index (χ0) is 29.8. The third-order valence-corrected chi connectivity index (χ3v) is 11.3. The van der Waals surface area contributed by atoms with Crippen LogP contribution in [0.25, 0.3) is 0 Å². The number of halogens is 4. The number of benzene rings is 2. The first-order chi connectivity index (χ1) is 18.4. The molecule has 2 bridgehead atoms. The van der Waals surface area contributed by atoms with Crippen molar-refractivity contribution in [3.8, 4) is 0 Å². The van der Waals surface area contributed by atoms with Crippen molar-refractivity contribution in [1.82, 2.24) is 4.72 Å². The third-order valence-electron chi connectivity index (χ3n) is 7.91. The second kappa shape index (κ2) is 10.9. The zero-order valence-corrected chi connectivity index (χ0v) is 23.8. The summed E-state index contributed by atoms with van der Waals surface area (Å²) in [5.41, 5.74) is -2.30. The van der Waals surface area contributed by atoms with Crippen LogP contribution in [0.2, 0.25) is 5.02 Å². The number of carbonyl (C=O) groups excluding carboxylic acids is 1. The molecule has 0 spiro atoms. The molecule has 0 saturated heterocycles. The fraction of sp³-hybridized carbons (Fsp3) is 0.480. The number of anilines is 1. The Bertz CT molecular complexity index is 1530. The van der Waals surface area contributed by atoms with Crippen molar-refractivity contribution in [2.75, 3.05) is 18.1 Å². The number of carbonyl (C=O) groups is 1. The highest BCUT2D eigenvalue weighted by molar-refractivity contribution is 7.92. The van der Waals surface area contributed by atoms with Crippen LogP contribution in [0.1, 0.15) is 36.5 Å². The minimum absolute atomic E-state index is 0.0451. The van der Waals surface area contributed by atoms with Crippen molar-refractivity contribution in [3.63, 3.8) is 0 Å².